The molecule has 0 aliphatic carbocycles. The van der Waals surface area contributed by atoms with E-state index in [0.717, 1.165) is 0 Å². The molecule has 4 rings (SSSR count). The molecule has 0 spiro atoms. The van der Waals surface area contributed by atoms with Gasteiger partial charge in [0.25, 0.3) is 0 Å². The van der Waals surface area contributed by atoms with E-state index in [1.807, 2.05) is 6.07 Å². The minimum Gasteiger partial charge on any atom is -0.497 e. The van der Waals surface area contributed by atoms with Gasteiger partial charge in [-0.1, -0.05) is 48.5 Å². The molecule has 0 saturated carbocycles. The zero-order chi connectivity index (χ0) is 28.7. The monoisotopic (exact) mass is 539 g/mol. The lowest BCUT2D eigenvalue weighted by atomic mass is 10.1. The summed E-state index contributed by atoms with van der Waals surface area (Å²) in [5.74, 6) is -2.61. The maximum Gasteiger partial charge on any atom is 0.386 e. The highest BCUT2D eigenvalue weighted by Gasteiger charge is 2.15. The Labute approximate surface area is 228 Å². The van der Waals surface area contributed by atoms with Crippen LogP contribution in [0, 0.1) is 11.3 Å². The van der Waals surface area contributed by atoms with E-state index in [-0.39, 0.29) is 16.7 Å². The number of benzene rings is 4. The summed E-state index contributed by atoms with van der Waals surface area (Å²) >= 11 is 0. The summed E-state index contributed by atoms with van der Waals surface area (Å²) < 4.78 is 4.98. The molecule has 200 valence electrons. The number of ether oxygens (including phenoxy) is 1. The Hall–Kier alpha value is -5.95. The smallest absolute Gasteiger partial charge is 0.386 e. The fourth-order valence-corrected chi connectivity index (χ4v) is 2.96. The molecule has 10 heteroatoms. The number of methoxy groups -OCH3 is 1. The minimum absolute atomic E-state index is 0.130. The molecule has 40 heavy (non-hydrogen) atoms. The van der Waals surface area contributed by atoms with Crippen LogP contribution in [0.1, 0.15) is 47.0 Å². The first-order valence-electron chi connectivity index (χ1n) is 11.5. The van der Waals surface area contributed by atoms with Crippen molar-refractivity contribution in [3.63, 3.8) is 0 Å². The summed E-state index contributed by atoms with van der Waals surface area (Å²) in [5.41, 5.74) is 1.24. The van der Waals surface area contributed by atoms with Crippen molar-refractivity contribution in [1.82, 2.24) is 0 Å². The highest BCUT2D eigenvalue weighted by Crippen LogP contribution is 2.14. The predicted octanol–water partition coefficient (Wildman–Crippen LogP) is 5.11. The zero-order valence-corrected chi connectivity index (χ0v) is 21.0. The van der Waals surface area contributed by atoms with Crippen LogP contribution in [0.5, 0.6) is 5.75 Å². The van der Waals surface area contributed by atoms with E-state index < -0.39 is 23.9 Å². The average Bonchev–Trinajstić information content (AvgIpc) is 3.03. The van der Waals surface area contributed by atoms with E-state index in [2.05, 4.69) is 19.6 Å². The quantitative estimate of drug-likeness (QED) is 0.248. The number of hydrogen-bond donors (Lipinski definition) is 0. The van der Waals surface area contributed by atoms with Gasteiger partial charge in [0.15, 0.2) is 0 Å². The Morgan fingerprint density at radius 2 is 0.925 bits per heavy atom. The molecule has 0 N–H and O–H groups in total. The van der Waals surface area contributed by atoms with E-state index in [9.17, 15) is 19.2 Å². The molecule has 0 radical (unpaired) electrons. The van der Waals surface area contributed by atoms with E-state index >= 15 is 0 Å². The van der Waals surface area contributed by atoms with Crippen molar-refractivity contribution in [1.29, 1.82) is 5.26 Å². The van der Waals surface area contributed by atoms with Gasteiger partial charge in [0.2, 0.25) is 0 Å². The van der Waals surface area contributed by atoms with Crippen LogP contribution in [-0.4, -0.2) is 31.0 Å². The molecular weight excluding hydrogens is 518 g/mol. The summed E-state index contributed by atoms with van der Waals surface area (Å²) in [5, 5.41) is 8.72. The second-order valence-corrected chi connectivity index (χ2v) is 7.64. The first-order valence-corrected chi connectivity index (χ1v) is 11.5. The Morgan fingerprint density at radius 3 is 1.38 bits per heavy atom. The van der Waals surface area contributed by atoms with Crippen molar-refractivity contribution in [3.8, 4) is 11.8 Å². The van der Waals surface area contributed by atoms with Crippen molar-refractivity contribution in [2.24, 2.45) is 0 Å². The van der Waals surface area contributed by atoms with Gasteiger partial charge in [-0.2, -0.15) is 5.26 Å². The third-order valence-corrected chi connectivity index (χ3v) is 4.94. The van der Waals surface area contributed by atoms with Crippen LogP contribution in [0.15, 0.2) is 109 Å². The third kappa shape index (κ3) is 8.57. The highest BCUT2D eigenvalue weighted by molar-refractivity contribution is 5.93. The van der Waals surface area contributed by atoms with Crippen molar-refractivity contribution < 1.29 is 43.5 Å². The van der Waals surface area contributed by atoms with Gasteiger partial charge in [0.05, 0.1) is 41.0 Å². The van der Waals surface area contributed by atoms with Gasteiger partial charge in [0, 0.05) is 0 Å². The highest BCUT2D eigenvalue weighted by atomic mass is 17.2. The molecular formula is C30H21NO9. The minimum atomic E-state index is -0.841. The summed E-state index contributed by atoms with van der Waals surface area (Å²) in [4.78, 5) is 64.3. The Balaban J connectivity index is 0.000000220. The van der Waals surface area contributed by atoms with Gasteiger partial charge in [-0.05, 0) is 60.7 Å². The molecule has 0 fully saturated rings. The van der Waals surface area contributed by atoms with Crippen molar-refractivity contribution >= 4 is 23.9 Å². The average molecular weight is 539 g/mol. The fraction of sp³-hybridized carbons (Fsp3) is 0.0333. The number of carbonyl (C=O) groups excluding carboxylic acids is 4. The number of rotatable bonds is 5. The second kappa shape index (κ2) is 14.7. The lowest BCUT2D eigenvalue weighted by Crippen LogP contribution is -2.11. The predicted molar refractivity (Wildman–Crippen MR) is 139 cm³/mol. The Bertz CT molecular complexity index is 1510. The maximum atomic E-state index is 11.7. The van der Waals surface area contributed by atoms with Gasteiger partial charge >= 0.3 is 23.9 Å². The van der Waals surface area contributed by atoms with Crippen LogP contribution >= 0.6 is 0 Å². The largest absolute Gasteiger partial charge is 0.497 e. The first-order chi connectivity index (χ1) is 19.4. The SMILES string of the molecule is COc1cccc(C(=O)OOC(=O)c2ccccc2)c1.N#Cc1cccc(C(=O)OOC(=O)c2ccccc2)c1. The van der Waals surface area contributed by atoms with Crippen LogP contribution in [0.3, 0.4) is 0 Å². The molecule has 0 aliphatic heterocycles. The standard InChI is InChI=1S/C15H9NO4.C15H12O5/c16-10-11-5-4-8-13(9-11)15(18)20-19-14(17)12-6-2-1-3-7-12;1-18-13-9-5-8-12(10-13)15(17)20-19-14(16)11-6-3-2-4-7-11/h1-9H;2-10H,1H3. The zero-order valence-electron chi connectivity index (χ0n) is 21.0. The fourth-order valence-electron chi connectivity index (χ4n) is 2.96. The number of hydrogen-bond acceptors (Lipinski definition) is 10. The van der Waals surface area contributed by atoms with Gasteiger partial charge < -0.3 is 4.74 Å². The lowest BCUT2D eigenvalue weighted by Gasteiger charge is -2.04. The van der Waals surface area contributed by atoms with Crippen LogP contribution in [0.25, 0.3) is 0 Å². The second-order valence-electron chi connectivity index (χ2n) is 7.64. The molecule has 0 aliphatic rings. The van der Waals surface area contributed by atoms with Crippen LogP contribution < -0.4 is 4.74 Å². The number of nitriles is 1. The molecule has 0 aromatic heterocycles. The van der Waals surface area contributed by atoms with Crippen LogP contribution in [-0.2, 0) is 19.6 Å². The molecule has 0 heterocycles. The molecule has 4 aromatic rings. The normalized spacial score (nSPS) is 9.50. The number of nitrogens with zero attached hydrogens (tertiary/aromatic N) is 1. The van der Waals surface area contributed by atoms with Crippen molar-refractivity contribution in [2.75, 3.05) is 7.11 Å². The first kappa shape index (κ1) is 28.6. The summed E-state index contributed by atoms with van der Waals surface area (Å²) in [6.45, 7) is 0. The van der Waals surface area contributed by atoms with E-state index in [4.69, 9.17) is 10.00 Å². The topological polar surface area (TPSA) is 138 Å². The van der Waals surface area contributed by atoms with E-state index in [0.29, 0.717) is 16.9 Å². The summed E-state index contributed by atoms with van der Waals surface area (Å²) in [6.07, 6.45) is 0. The Kier molecular flexibility index (Phi) is 10.5. The molecule has 4 aromatic carbocycles. The molecule has 0 atom stereocenters. The van der Waals surface area contributed by atoms with Crippen molar-refractivity contribution in [2.45, 2.75) is 0 Å². The molecule has 0 unspecified atom stereocenters. The van der Waals surface area contributed by atoms with Crippen molar-refractivity contribution in [3.05, 3.63) is 137 Å². The van der Waals surface area contributed by atoms with Gasteiger partial charge in [0.1, 0.15) is 5.75 Å². The van der Waals surface area contributed by atoms with Gasteiger partial charge in [-0.15, -0.1) is 0 Å². The summed E-state index contributed by atoms with van der Waals surface area (Å²) in [7, 11) is 1.49. The van der Waals surface area contributed by atoms with E-state index in [1.165, 1.54) is 49.6 Å². The van der Waals surface area contributed by atoms with Crippen LogP contribution in [0.2, 0.25) is 0 Å². The number of carbonyl (C=O) groups is 4. The van der Waals surface area contributed by atoms with Gasteiger partial charge in [-0.25, -0.2) is 38.7 Å². The summed E-state index contributed by atoms with van der Waals surface area (Å²) in [6, 6.07) is 30.5. The third-order valence-electron chi connectivity index (χ3n) is 4.94. The van der Waals surface area contributed by atoms with Crippen LogP contribution in [0.4, 0.5) is 0 Å². The molecule has 0 saturated heterocycles. The van der Waals surface area contributed by atoms with Gasteiger partial charge in [-0.3, -0.25) is 0 Å². The Morgan fingerprint density at radius 1 is 0.525 bits per heavy atom. The molecule has 0 amide bonds. The maximum absolute atomic E-state index is 11.7. The molecule has 0 bridgehead atoms. The molecule has 10 nitrogen and oxygen atoms in total. The lowest BCUT2D eigenvalue weighted by molar-refractivity contribution is -0.187. The van der Waals surface area contributed by atoms with E-state index in [1.54, 1.807) is 66.7 Å².